The zero-order valence-corrected chi connectivity index (χ0v) is 23.1. The Morgan fingerprint density at radius 2 is 1.77 bits per heavy atom. The average Bonchev–Trinajstić information content (AvgIpc) is 2.97. The molecule has 3 amide bonds. The molecule has 4 rings (SSSR count). The zero-order valence-electron chi connectivity index (χ0n) is 23.1. The van der Waals surface area contributed by atoms with Gasteiger partial charge in [0.15, 0.2) is 0 Å². The Bertz CT molecular complexity index is 1290. The van der Waals surface area contributed by atoms with Crippen molar-refractivity contribution in [2.45, 2.75) is 39.0 Å². The van der Waals surface area contributed by atoms with Crippen molar-refractivity contribution in [3.8, 4) is 5.75 Å². The van der Waals surface area contributed by atoms with Crippen molar-refractivity contribution >= 4 is 23.3 Å². The molecule has 1 heterocycles. The van der Waals surface area contributed by atoms with Gasteiger partial charge in [-0.25, -0.2) is 9.18 Å². The summed E-state index contributed by atoms with van der Waals surface area (Å²) in [5.74, 6) is 0.0591. The van der Waals surface area contributed by atoms with Gasteiger partial charge in [-0.15, -0.1) is 0 Å². The van der Waals surface area contributed by atoms with E-state index >= 15 is 0 Å². The minimum Gasteiger partial charge on any atom is -0.488 e. The fourth-order valence-electron chi connectivity index (χ4n) is 4.82. The molecule has 0 fully saturated rings. The maximum atomic E-state index is 13.4. The Morgan fingerprint density at radius 3 is 2.48 bits per heavy atom. The second kappa shape index (κ2) is 13.4. The van der Waals surface area contributed by atoms with Crippen LogP contribution in [-0.2, 0) is 17.8 Å². The normalized spacial score (nSPS) is 18.1. The molecular weight excluding hydrogens is 511 g/mol. The smallest absolute Gasteiger partial charge is 0.323 e. The van der Waals surface area contributed by atoms with E-state index in [0.29, 0.717) is 35.8 Å². The molecule has 0 saturated heterocycles. The third-order valence-corrected chi connectivity index (χ3v) is 7.06. The number of ether oxygens (including phenoxy) is 1. The number of carbonyl (C=O) groups excluding carboxylic acids is 2. The van der Waals surface area contributed by atoms with E-state index in [1.54, 1.807) is 23.1 Å². The van der Waals surface area contributed by atoms with Gasteiger partial charge in [-0.1, -0.05) is 37.3 Å². The lowest BCUT2D eigenvalue weighted by Crippen LogP contribution is -2.47. The molecule has 3 atom stereocenters. The van der Waals surface area contributed by atoms with E-state index in [2.05, 4.69) is 34.6 Å². The Labute approximate surface area is 234 Å². The van der Waals surface area contributed by atoms with Gasteiger partial charge in [0.2, 0.25) is 5.91 Å². The number of likely N-dealkylation sites (N-methyl/N-ethyl adjacent to an activating group) is 1. The lowest BCUT2D eigenvalue weighted by Gasteiger charge is -2.34. The molecule has 0 saturated carbocycles. The number of benzene rings is 3. The summed E-state index contributed by atoms with van der Waals surface area (Å²) in [5.41, 5.74) is 2.78. The van der Waals surface area contributed by atoms with E-state index in [4.69, 9.17) is 4.74 Å². The highest BCUT2D eigenvalue weighted by molar-refractivity contribution is 5.99. The molecule has 8 nitrogen and oxygen atoms in total. The fraction of sp³-hybridized carbons (Fsp3) is 0.355. The molecule has 1 aliphatic rings. The van der Waals surface area contributed by atoms with Gasteiger partial charge >= 0.3 is 6.03 Å². The fourth-order valence-corrected chi connectivity index (χ4v) is 4.82. The van der Waals surface area contributed by atoms with E-state index in [9.17, 15) is 19.1 Å². The van der Waals surface area contributed by atoms with Crippen molar-refractivity contribution < 1.29 is 23.8 Å². The van der Waals surface area contributed by atoms with E-state index in [1.165, 1.54) is 29.8 Å². The number of hydrogen-bond acceptors (Lipinski definition) is 5. The zero-order chi connectivity index (χ0) is 28.6. The van der Waals surface area contributed by atoms with Gasteiger partial charge < -0.3 is 25.4 Å². The van der Waals surface area contributed by atoms with Crippen LogP contribution in [0.4, 0.5) is 20.6 Å². The standard InChI is InChI=1S/C31H37FN4O4/c1-21-17-36(22(2)20-37)30(38)16-24-15-27(34-31(39)33-26-11-9-25(32)10-12-26)13-14-28(24)40-29(21)19-35(3)18-23-7-5-4-6-8-23/h4-15,21-22,29,37H,16-20H2,1-3H3,(H2,33,34,39)/t21-,22+,29+/m0/s1. The average molecular weight is 549 g/mol. The number of anilines is 2. The predicted molar refractivity (Wildman–Crippen MR) is 154 cm³/mol. The van der Waals surface area contributed by atoms with Gasteiger partial charge in [0.25, 0.3) is 0 Å². The first-order valence-electron chi connectivity index (χ1n) is 13.5. The number of aliphatic hydroxyl groups is 1. The number of nitrogens with one attached hydrogen (secondary N) is 2. The van der Waals surface area contributed by atoms with E-state index in [0.717, 1.165) is 6.54 Å². The lowest BCUT2D eigenvalue weighted by atomic mass is 10.0. The van der Waals surface area contributed by atoms with Crippen LogP contribution in [0.3, 0.4) is 0 Å². The summed E-state index contributed by atoms with van der Waals surface area (Å²) in [6.45, 7) is 5.58. The van der Waals surface area contributed by atoms with Crippen LogP contribution in [0.1, 0.15) is 25.0 Å². The molecule has 0 radical (unpaired) electrons. The third-order valence-electron chi connectivity index (χ3n) is 7.06. The van der Waals surface area contributed by atoms with Crippen molar-refractivity contribution in [3.05, 3.63) is 89.7 Å². The first-order valence-corrected chi connectivity index (χ1v) is 13.5. The van der Waals surface area contributed by atoms with Crippen molar-refractivity contribution in [2.24, 2.45) is 5.92 Å². The molecule has 0 aliphatic carbocycles. The van der Waals surface area contributed by atoms with Gasteiger partial charge in [0.1, 0.15) is 17.7 Å². The number of urea groups is 1. The van der Waals surface area contributed by atoms with Gasteiger partial charge in [-0.2, -0.15) is 0 Å². The third kappa shape index (κ3) is 7.80. The number of halogens is 1. The number of fused-ring (bicyclic) bond motifs is 1. The Balaban J connectivity index is 1.55. The number of nitrogens with zero attached hydrogens (tertiary/aromatic N) is 2. The number of carbonyl (C=O) groups is 2. The highest BCUT2D eigenvalue weighted by Crippen LogP contribution is 2.29. The molecule has 9 heteroatoms. The van der Waals surface area contributed by atoms with Crippen LogP contribution >= 0.6 is 0 Å². The van der Waals surface area contributed by atoms with E-state index in [-0.39, 0.29) is 37.0 Å². The van der Waals surface area contributed by atoms with Crippen LogP contribution in [0.2, 0.25) is 0 Å². The molecule has 212 valence electrons. The van der Waals surface area contributed by atoms with Gasteiger partial charge in [-0.05, 0) is 62.0 Å². The first kappa shape index (κ1) is 29.0. The molecule has 40 heavy (non-hydrogen) atoms. The summed E-state index contributed by atoms with van der Waals surface area (Å²) in [6.07, 6.45) is -0.166. The molecule has 0 bridgehead atoms. The first-order chi connectivity index (χ1) is 19.2. The number of hydrogen-bond donors (Lipinski definition) is 3. The highest BCUT2D eigenvalue weighted by Gasteiger charge is 2.31. The van der Waals surface area contributed by atoms with Crippen molar-refractivity contribution in [1.82, 2.24) is 9.80 Å². The molecular formula is C31H37FN4O4. The summed E-state index contributed by atoms with van der Waals surface area (Å²) < 4.78 is 19.8. The van der Waals surface area contributed by atoms with Crippen LogP contribution < -0.4 is 15.4 Å². The Hall–Kier alpha value is -3.95. The maximum Gasteiger partial charge on any atom is 0.323 e. The predicted octanol–water partition coefficient (Wildman–Crippen LogP) is 4.75. The van der Waals surface area contributed by atoms with Gasteiger partial charge in [0, 0.05) is 42.5 Å². The monoisotopic (exact) mass is 548 g/mol. The highest BCUT2D eigenvalue weighted by atomic mass is 19.1. The second-order valence-corrected chi connectivity index (χ2v) is 10.5. The quantitative estimate of drug-likeness (QED) is 0.378. The van der Waals surface area contributed by atoms with Crippen LogP contribution in [0, 0.1) is 11.7 Å². The van der Waals surface area contributed by atoms with E-state index in [1.807, 2.05) is 32.2 Å². The molecule has 3 aromatic carbocycles. The topological polar surface area (TPSA) is 94.1 Å². The van der Waals surface area contributed by atoms with Crippen molar-refractivity contribution in [1.29, 1.82) is 0 Å². The Kier molecular flexibility index (Phi) is 9.74. The second-order valence-electron chi connectivity index (χ2n) is 10.5. The summed E-state index contributed by atoms with van der Waals surface area (Å²) in [5, 5.41) is 15.3. The van der Waals surface area contributed by atoms with Crippen LogP contribution in [0.5, 0.6) is 5.75 Å². The number of rotatable bonds is 8. The molecule has 3 N–H and O–H groups in total. The molecule has 0 aromatic heterocycles. The van der Waals surface area contributed by atoms with Crippen LogP contribution in [-0.4, -0.2) is 65.7 Å². The van der Waals surface area contributed by atoms with Crippen molar-refractivity contribution in [3.63, 3.8) is 0 Å². The van der Waals surface area contributed by atoms with Gasteiger partial charge in [-0.3, -0.25) is 9.69 Å². The summed E-state index contributed by atoms with van der Waals surface area (Å²) in [4.78, 5) is 29.9. The number of aliphatic hydroxyl groups excluding tert-OH is 1. The Morgan fingerprint density at radius 1 is 1.10 bits per heavy atom. The largest absolute Gasteiger partial charge is 0.488 e. The summed E-state index contributed by atoms with van der Waals surface area (Å²) >= 11 is 0. The summed E-state index contributed by atoms with van der Waals surface area (Å²) in [7, 11) is 2.04. The SMILES string of the molecule is C[C@H](CO)N1C[C@H](C)[C@@H](CN(C)Cc2ccccc2)Oc2ccc(NC(=O)Nc3ccc(F)cc3)cc2CC1=O. The van der Waals surface area contributed by atoms with Crippen molar-refractivity contribution in [2.75, 3.05) is 37.4 Å². The minimum absolute atomic E-state index is 0.0126. The van der Waals surface area contributed by atoms with Gasteiger partial charge in [0.05, 0.1) is 19.1 Å². The van der Waals surface area contributed by atoms with E-state index < -0.39 is 11.8 Å². The van der Waals surface area contributed by atoms with Crippen LogP contribution in [0.25, 0.3) is 0 Å². The number of amides is 3. The molecule has 0 spiro atoms. The summed E-state index contributed by atoms with van der Waals surface area (Å²) in [6, 6.07) is 20.1. The molecule has 1 aliphatic heterocycles. The lowest BCUT2D eigenvalue weighted by molar-refractivity contribution is -0.134. The maximum absolute atomic E-state index is 13.4. The minimum atomic E-state index is -0.494. The molecule has 0 unspecified atom stereocenters. The molecule has 3 aromatic rings. The van der Waals surface area contributed by atoms with Crippen LogP contribution in [0.15, 0.2) is 72.8 Å².